The van der Waals surface area contributed by atoms with Gasteiger partial charge in [-0.2, -0.15) is 30.6 Å². The predicted molar refractivity (Wildman–Crippen MR) is 158 cm³/mol. The van der Waals surface area contributed by atoms with Gasteiger partial charge in [-0.05, 0) is 78.5 Å². The van der Waals surface area contributed by atoms with Crippen LogP contribution in [-0.4, -0.2) is 38.4 Å². The Morgan fingerprint density at radius 1 is 0.933 bits per heavy atom. The van der Waals surface area contributed by atoms with E-state index in [9.17, 15) is 26.4 Å². The molecule has 1 aliphatic heterocycles. The Bertz CT molecular complexity index is 1600. The van der Waals surface area contributed by atoms with Gasteiger partial charge < -0.3 is 4.74 Å². The highest BCUT2D eigenvalue weighted by Gasteiger charge is 2.44. The molecule has 1 aliphatic rings. The minimum absolute atomic E-state index is 0.0329. The second-order valence-corrected chi connectivity index (χ2v) is 13.4. The average molecular weight is 656 g/mol. The molecule has 0 bridgehead atoms. The quantitative estimate of drug-likeness (QED) is 0.171. The maximum absolute atomic E-state index is 15.1. The van der Waals surface area contributed by atoms with E-state index in [0.29, 0.717) is 17.2 Å². The van der Waals surface area contributed by atoms with Crippen LogP contribution in [0.5, 0.6) is 0 Å². The number of sulfonamides is 1. The van der Waals surface area contributed by atoms with Crippen LogP contribution in [0.15, 0.2) is 71.6 Å². The molecular weight excluding hydrogens is 620 g/mol. The predicted octanol–water partition coefficient (Wildman–Crippen LogP) is 8.65. The summed E-state index contributed by atoms with van der Waals surface area (Å²) in [5.74, 6) is -3.25. The van der Waals surface area contributed by atoms with Crippen molar-refractivity contribution in [3.05, 3.63) is 89.0 Å². The number of hydrogen-bond acceptors (Lipinski definition) is 4. The highest BCUT2D eigenvalue weighted by Crippen LogP contribution is 2.46. The van der Waals surface area contributed by atoms with E-state index >= 15 is 13.2 Å². The fraction of sp³-hybridized carbons (Fsp3) is 0.424. The number of piperidine rings is 1. The van der Waals surface area contributed by atoms with Crippen LogP contribution in [0.3, 0.4) is 0 Å². The minimum Gasteiger partial charge on any atom is -0.466 e. The van der Waals surface area contributed by atoms with E-state index in [-0.39, 0.29) is 49.5 Å². The van der Waals surface area contributed by atoms with E-state index < -0.39 is 62.7 Å². The van der Waals surface area contributed by atoms with Gasteiger partial charge in [0, 0.05) is 13.1 Å². The Balaban J connectivity index is 1.92. The maximum Gasteiger partial charge on any atom is 0.417 e. The molecule has 5 nitrogen and oxygen atoms in total. The van der Waals surface area contributed by atoms with E-state index in [4.69, 9.17) is 4.74 Å². The Kier molecular flexibility index (Phi) is 10.4. The van der Waals surface area contributed by atoms with Gasteiger partial charge in [0.1, 0.15) is 0 Å². The summed E-state index contributed by atoms with van der Waals surface area (Å²) in [4.78, 5) is 12.2. The summed E-state index contributed by atoms with van der Waals surface area (Å²) >= 11 is 0. The van der Waals surface area contributed by atoms with Crippen LogP contribution in [0.4, 0.5) is 26.3 Å². The number of halogens is 6. The van der Waals surface area contributed by atoms with Crippen LogP contribution >= 0.6 is 0 Å². The summed E-state index contributed by atoms with van der Waals surface area (Å²) in [6, 6.07) is 15.1. The summed E-state index contributed by atoms with van der Waals surface area (Å²) in [6.45, 7) is 4.47. The van der Waals surface area contributed by atoms with E-state index in [0.717, 1.165) is 16.4 Å². The van der Waals surface area contributed by atoms with Crippen LogP contribution < -0.4 is 0 Å². The zero-order valence-electron chi connectivity index (χ0n) is 25.1. The molecule has 12 heteroatoms. The van der Waals surface area contributed by atoms with Crippen molar-refractivity contribution in [1.29, 1.82) is 0 Å². The summed E-state index contributed by atoms with van der Waals surface area (Å²) < 4.78 is 120. The second-order valence-electron chi connectivity index (χ2n) is 11.5. The van der Waals surface area contributed by atoms with Crippen molar-refractivity contribution in [1.82, 2.24) is 4.31 Å². The highest BCUT2D eigenvalue weighted by atomic mass is 32.2. The highest BCUT2D eigenvalue weighted by molar-refractivity contribution is 7.89. The molecule has 244 valence electrons. The van der Waals surface area contributed by atoms with E-state index in [1.807, 2.05) is 0 Å². The third kappa shape index (κ3) is 7.71. The van der Waals surface area contributed by atoms with Gasteiger partial charge >= 0.3 is 18.3 Å². The molecule has 0 spiro atoms. The van der Waals surface area contributed by atoms with Gasteiger partial charge in [-0.25, -0.2) is 8.42 Å². The number of nitrogens with zero attached hydrogens (tertiary/aromatic N) is 1. The number of ether oxygens (including phenoxy) is 1. The zero-order chi connectivity index (χ0) is 33.2. The first kappa shape index (κ1) is 34.5. The molecule has 1 fully saturated rings. The summed E-state index contributed by atoms with van der Waals surface area (Å²) in [5.41, 5.74) is -1.88. The van der Waals surface area contributed by atoms with Crippen LogP contribution in [0, 0.1) is 5.92 Å². The number of esters is 1. The van der Waals surface area contributed by atoms with Gasteiger partial charge in [-0.15, -0.1) is 0 Å². The van der Waals surface area contributed by atoms with Gasteiger partial charge in [0.25, 0.3) is 0 Å². The van der Waals surface area contributed by atoms with Crippen molar-refractivity contribution in [2.45, 2.75) is 69.1 Å². The van der Waals surface area contributed by atoms with Crippen molar-refractivity contribution in [3.8, 4) is 11.1 Å². The second kappa shape index (κ2) is 13.5. The largest absolute Gasteiger partial charge is 0.466 e. The number of hydrogen-bond donors (Lipinski definition) is 0. The SMILES string of the molecule is CCOC(=O)C(CC(C)C)c1cc(-c2ccccc2)cc(C2CCCN(S(=O)(=O)c3ccccc3C(F)(F)F)C2)c1C(F)(F)F. The monoisotopic (exact) mass is 655 g/mol. The molecule has 3 aromatic carbocycles. The fourth-order valence-electron chi connectivity index (χ4n) is 5.95. The lowest BCUT2D eigenvalue weighted by Gasteiger charge is -2.35. The van der Waals surface area contributed by atoms with E-state index in [1.54, 1.807) is 51.1 Å². The molecule has 4 rings (SSSR count). The lowest BCUT2D eigenvalue weighted by molar-refractivity contribution is -0.147. The first-order valence-electron chi connectivity index (χ1n) is 14.7. The fourth-order valence-corrected chi connectivity index (χ4v) is 7.69. The summed E-state index contributed by atoms with van der Waals surface area (Å²) in [5, 5.41) is 0. The molecular formula is C33H35F6NO4S. The standard InChI is InChI=1S/C33H35F6NO4S/c1-4-44-31(41)27(17-21(2)3)26-19-24(22-11-6-5-7-12-22)18-25(30(26)33(37,38)39)23-13-10-16-40(20-23)45(42,43)29-15-9-8-14-28(29)32(34,35)36/h5-9,11-12,14-15,18-19,21,23,27H,4,10,13,16-17,20H2,1-3H3. The molecule has 0 amide bonds. The zero-order valence-corrected chi connectivity index (χ0v) is 25.9. The van der Waals surface area contributed by atoms with Crippen molar-refractivity contribution >= 4 is 16.0 Å². The van der Waals surface area contributed by atoms with E-state index in [1.165, 1.54) is 18.2 Å². The Labute approximate surface area is 259 Å². The molecule has 1 saturated heterocycles. The number of alkyl halides is 6. The molecule has 0 aliphatic carbocycles. The molecule has 0 saturated carbocycles. The normalized spacial score (nSPS) is 17.3. The molecule has 0 radical (unpaired) electrons. The number of benzene rings is 3. The van der Waals surface area contributed by atoms with Crippen molar-refractivity contribution in [2.24, 2.45) is 5.92 Å². The van der Waals surface area contributed by atoms with E-state index in [2.05, 4.69) is 0 Å². The van der Waals surface area contributed by atoms with Crippen molar-refractivity contribution in [2.75, 3.05) is 19.7 Å². The molecule has 3 aromatic rings. The Morgan fingerprint density at radius 3 is 2.18 bits per heavy atom. The van der Waals surface area contributed by atoms with Crippen LogP contribution in [0.1, 0.15) is 74.1 Å². The maximum atomic E-state index is 15.1. The Morgan fingerprint density at radius 2 is 1.58 bits per heavy atom. The van der Waals surface area contributed by atoms with Crippen LogP contribution in [0.2, 0.25) is 0 Å². The lowest BCUT2D eigenvalue weighted by atomic mass is 9.79. The first-order valence-corrected chi connectivity index (χ1v) is 16.1. The summed E-state index contributed by atoms with van der Waals surface area (Å²) in [7, 11) is -4.73. The smallest absolute Gasteiger partial charge is 0.417 e. The number of carbonyl (C=O) groups excluding carboxylic acids is 1. The topological polar surface area (TPSA) is 63.7 Å². The average Bonchev–Trinajstić information content (AvgIpc) is 2.99. The first-order chi connectivity index (χ1) is 21.1. The van der Waals surface area contributed by atoms with Gasteiger partial charge in [0.05, 0.1) is 28.5 Å². The third-order valence-electron chi connectivity index (χ3n) is 7.88. The third-order valence-corrected chi connectivity index (χ3v) is 9.80. The summed E-state index contributed by atoms with van der Waals surface area (Å²) in [6.07, 6.45) is -9.56. The van der Waals surface area contributed by atoms with Crippen molar-refractivity contribution < 1.29 is 44.3 Å². The van der Waals surface area contributed by atoms with Crippen molar-refractivity contribution in [3.63, 3.8) is 0 Å². The molecule has 2 unspecified atom stereocenters. The Hall–Kier alpha value is -3.38. The van der Waals surface area contributed by atoms with Gasteiger partial charge in [-0.3, -0.25) is 4.79 Å². The molecule has 45 heavy (non-hydrogen) atoms. The molecule has 1 heterocycles. The van der Waals surface area contributed by atoms with Gasteiger partial charge in [-0.1, -0.05) is 62.4 Å². The number of carbonyl (C=O) groups is 1. The number of rotatable bonds is 9. The van der Waals surface area contributed by atoms with Gasteiger partial charge in [0.15, 0.2) is 0 Å². The van der Waals surface area contributed by atoms with Crippen LogP contribution in [0.25, 0.3) is 11.1 Å². The lowest BCUT2D eigenvalue weighted by Crippen LogP contribution is -2.40. The molecule has 0 N–H and O–H groups in total. The minimum atomic E-state index is -4.96. The van der Waals surface area contributed by atoms with Gasteiger partial charge in [0.2, 0.25) is 10.0 Å². The molecule has 0 aromatic heterocycles. The van der Waals surface area contributed by atoms with Crippen LogP contribution in [-0.2, 0) is 31.9 Å². The molecule has 2 atom stereocenters.